The molecular weight excluding hydrogens is 395 g/mol. The average Bonchev–Trinajstić information content (AvgIpc) is 2.98. The first-order valence-electron chi connectivity index (χ1n) is 8.05. The maximum absolute atomic E-state index is 12.5. The zero-order chi connectivity index (χ0) is 18.0. The van der Waals surface area contributed by atoms with Crippen LogP contribution in [0.1, 0.15) is 38.1 Å². The molecule has 0 radical (unpaired) electrons. The highest BCUT2D eigenvalue weighted by Gasteiger charge is 2.29. The minimum absolute atomic E-state index is 0. The Labute approximate surface area is 167 Å². The van der Waals surface area contributed by atoms with E-state index in [1.54, 1.807) is 24.3 Å². The lowest BCUT2D eigenvalue weighted by Crippen LogP contribution is -2.29. The Balaban J connectivity index is 0.00000243. The lowest BCUT2D eigenvalue weighted by molar-refractivity contribution is 0.0600. The van der Waals surface area contributed by atoms with Gasteiger partial charge in [0.05, 0.1) is 12.7 Å². The smallest absolute Gasteiger partial charge is 0.341 e. The number of ether oxygens (including phenoxy) is 1. The molecule has 0 fully saturated rings. The van der Waals surface area contributed by atoms with Gasteiger partial charge >= 0.3 is 5.97 Å². The van der Waals surface area contributed by atoms with E-state index in [0.717, 1.165) is 36.5 Å². The standard InChI is InChI=1S/C18H19ClN2O3S.ClH/c1-3-21-9-8-13-14(10-21)25-17(15(13)18(23)24-2)20-16(22)11-4-6-12(19)7-5-11;/h4-7H,3,8-10H2,1-2H3,(H,20,22);1H. The van der Waals surface area contributed by atoms with E-state index < -0.39 is 5.97 Å². The van der Waals surface area contributed by atoms with Crippen molar-refractivity contribution in [3.8, 4) is 0 Å². The number of carbonyl (C=O) groups excluding carboxylic acids is 2. The Morgan fingerprint density at radius 2 is 2.00 bits per heavy atom. The summed E-state index contributed by atoms with van der Waals surface area (Å²) >= 11 is 7.31. The molecule has 1 amide bonds. The quantitative estimate of drug-likeness (QED) is 0.759. The van der Waals surface area contributed by atoms with Crippen molar-refractivity contribution in [3.05, 3.63) is 50.9 Å². The van der Waals surface area contributed by atoms with Crippen molar-refractivity contribution >= 4 is 52.2 Å². The van der Waals surface area contributed by atoms with E-state index in [1.807, 2.05) is 0 Å². The second kappa shape index (κ2) is 8.86. The number of benzene rings is 1. The third-order valence-electron chi connectivity index (χ3n) is 4.31. The number of halogens is 2. The zero-order valence-corrected chi connectivity index (χ0v) is 16.9. The van der Waals surface area contributed by atoms with Crippen molar-refractivity contribution in [2.24, 2.45) is 0 Å². The van der Waals surface area contributed by atoms with Gasteiger partial charge in [-0.3, -0.25) is 9.69 Å². The number of nitrogens with zero attached hydrogens (tertiary/aromatic N) is 1. The fourth-order valence-electron chi connectivity index (χ4n) is 2.91. The number of likely N-dealkylation sites (N-methyl/N-ethyl adjacent to an activating group) is 1. The molecule has 140 valence electrons. The number of esters is 1. The highest BCUT2D eigenvalue weighted by Crippen LogP contribution is 2.37. The summed E-state index contributed by atoms with van der Waals surface area (Å²) < 4.78 is 4.94. The van der Waals surface area contributed by atoms with Gasteiger partial charge in [-0.25, -0.2) is 4.79 Å². The molecular formula is C18H20Cl2N2O3S. The largest absolute Gasteiger partial charge is 0.465 e. The predicted molar refractivity (Wildman–Crippen MR) is 107 cm³/mol. The fourth-order valence-corrected chi connectivity index (χ4v) is 4.31. The van der Waals surface area contributed by atoms with E-state index in [2.05, 4.69) is 17.1 Å². The molecule has 0 bridgehead atoms. The molecule has 2 aromatic rings. The fraction of sp³-hybridized carbons (Fsp3) is 0.333. The van der Waals surface area contributed by atoms with Gasteiger partial charge in [0, 0.05) is 28.6 Å². The molecule has 1 aromatic carbocycles. The van der Waals surface area contributed by atoms with Crippen LogP contribution in [0.15, 0.2) is 24.3 Å². The van der Waals surface area contributed by atoms with Gasteiger partial charge < -0.3 is 10.1 Å². The summed E-state index contributed by atoms with van der Waals surface area (Å²) in [7, 11) is 1.36. The van der Waals surface area contributed by atoms with Gasteiger partial charge in [-0.2, -0.15) is 0 Å². The molecule has 3 rings (SSSR count). The van der Waals surface area contributed by atoms with Gasteiger partial charge in [-0.05, 0) is 42.8 Å². The molecule has 1 N–H and O–H groups in total. The molecule has 0 spiro atoms. The van der Waals surface area contributed by atoms with E-state index in [-0.39, 0.29) is 18.3 Å². The Morgan fingerprint density at radius 1 is 1.31 bits per heavy atom. The Bertz CT molecular complexity index is 806. The number of thiophene rings is 1. The molecule has 26 heavy (non-hydrogen) atoms. The summed E-state index contributed by atoms with van der Waals surface area (Å²) in [5.41, 5.74) is 1.97. The third kappa shape index (κ3) is 4.20. The first-order chi connectivity index (χ1) is 12.0. The van der Waals surface area contributed by atoms with Gasteiger partial charge in [-0.1, -0.05) is 18.5 Å². The summed E-state index contributed by atoms with van der Waals surface area (Å²) in [5.74, 6) is -0.679. The maximum atomic E-state index is 12.5. The van der Waals surface area contributed by atoms with Crippen LogP contribution in [0.3, 0.4) is 0 Å². The van der Waals surface area contributed by atoms with E-state index in [9.17, 15) is 9.59 Å². The highest BCUT2D eigenvalue weighted by molar-refractivity contribution is 7.17. The molecule has 8 heteroatoms. The first kappa shape index (κ1) is 20.7. The number of methoxy groups -OCH3 is 1. The van der Waals surface area contributed by atoms with Crippen molar-refractivity contribution in [2.45, 2.75) is 19.9 Å². The molecule has 0 saturated heterocycles. The van der Waals surface area contributed by atoms with Crippen LogP contribution < -0.4 is 5.32 Å². The number of rotatable bonds is 4. The van der Waals surface area contributed by atoms with Crippen molar-refractivity contribution in [1.82, 2.24) is 4.90 Å². The Kier molecular flexibility index (Phi) is 7.06. The van der Waals surface area contributed by atoms with Crippen molar-refractivity contribution in [3.63, 3.8) is 0 Å². The monoisotopic (exact) mass is 414 g/mol. The zero-order valence-electron chi connectivity index (χ0n) is 14.5. The van der Waals surface area contributed by atoms with Gasteiger partial charge in [0.25, 0.3) is 5.91 Å². The van der Waals surface area contributed by atoms with Crippen LogP contribution in [-0.4, -0.2) is 37.0 Å². The van der Waals surface area contributed by atoms with Crippen LogP contribution in [0.4, 0.5) is 5.00 Å². The molecule has 1 aliphatic heterocycles. The normalized spacial score (nSPS) is 13.5. The van der Waals surface area contributed by atoms with Crippen LogP contribution >= 0.6 is 35.3 Å². The first-order valence-corrected chi connectivity index (χ1v) is 9.25. The van der Waals surface area contributed by atoms with Crippen LogP contribution in [0.5, 0.6) is 0 Å². The molecule has 0 saturated carbocycles. The second-order valence-electron chi connectivity index (χ2n) is 5.78. The minimum atomic E-state index is -0.408. The number of carbonyl (C=O) groups is 2. The number of fused-ring (bicyclic) bond motifs is 1. The summed E-state index contributed by atoms with van der Waals surface area (Å²) in [6.07, 6.45) is 0.779. The molecule has 0 aliphatic carbocycles. The van der Waals surface area contributed by atoms with Gasteiger partial charge in [-0.15, -0.1) is 23.7 Å². The van der Waals surface area contributed by atoms with Crippen LogP contribution in [0, 0.1) is 0 Å². The van der Waals surface area contributed by atoms with E-state index in [1.165, 1.54) is 18.4 Å². The summed E-state index contributed by atoms with van der Waals surface area (Å²) in [4.78, 5) is 28.2. The summed E-state index contributed by atoms with van der Waals surface area (Å²) in [6, 6.07) is 6.64. The van der Waals surface area contributed by atoms with Crippen molar-refractivity contribution < 1.29 is 14.3 Å². The van der Waals surface area contributed by atoms with Gasteiger partial charge in [0.1, 0.15) is 5.00 Å². The lowest BCUT2D eigenvalue weighted by Gasteiger charge is -2.25. The molecule has 1 aliphatic rings. The number of anilines is 1. The third-order valence-corrected chi connectivity index (χ3v) is 5.69. The van der Waals surface area contributed by atoms with Gasteiger partial charge in [0.15, 0.2) is 0 Å². The maximum Gasteiger partial charge on any atom is 0.341 e. The van der Waals surface area contributed by atoms with Crippen LogP contribution in [0.25, 0.3) is 0 Å². The van der Waals surface area contributed by atoms with Crippen molar-refractivity contribution in [2.75, 3.05) is 25.5 Å². The minimum Gasteiger partial charge on any atom is -0.465 e. The summed E-state index contributed by atoms with van der Waals surface area (Å²) in [5, 5.41) is 3.99. The second-order valence-corrected chi connectivity index (χ2v) is 7.32. The van der Waals surface area contributed by atoms with E-state index in [4.69, 9.17) is 16.3 Å². The summed E-state index contributed by atoms with van der Waals surface area (Å²) in [6.45, 7) is 4.76. The van der Waals surface area contributed by atoms with E-state index in [0.29, 0.717) is 21.2 Å². The highest BCUT2D eigenvalue weighted by atomic mass is 35.5. The molecule has 0 atom stereocenters. The Morgan fingerprint density at radius 3 is 2.62 bits per heavy atom. The van der Waals surface area contributed by atoms with E-state index >= 15 is 0 Å². The molecule has 0 unspecified atom stereocenters. The number of nitrogens with one attached hydrogen (secondary N) is 1. The van der Waals surface area contributed by atoms with Gasteiger partial charge in [0.2, 0.25) is 0 Å². The van der Waals surface area contributed by atoms with Crippen LogP contribution in [-0.2, 0) is 17.7 Å². The SMILES string of the molecule is CCN1CCc2c(sc(NC(=O)c3ccc(Cl)cc3)c2C(=O)OC)C1.Cl. The van der Waals surface area contributed by atoms with Crippen LogP contribution in [0.2, 0.25) is 5.02 Å². The number of hydrogen-bond donors (Lipinski definition) is 1. The lowest BCUT2D eigenvalue weighted by atomic mass is 10.0. The molecule has 1 aromatic heterocycles. The number of amides is 1. The predicted octanol–water partition coefficient (Wildman–Crippen LogP) is 4.24. The molecule has 2 heterocycles. The topological polar surface area (TPSA) is 58.6 Å². The Hall–Kier alpha value is -1.60. The molecule has 5 nitrogen and oxygen atoms in total. The van der Waals surface area contributed by atoms with Crippen molar-refractivity contribution in [1.29, 1.82) is 0 Å². The number of hydrogen-bond acceptors (Lipinski definition) is 5. The average molecular weight is 415 g/mol.